The highest BCUT2D eigenvalue weighted by molar-refractivity contribution is 7.99. The van der Waals surface area contributed by atoms with Gasteiger partial charge in [0.2, 0.25) is 0 Å². The Morgan fingerprint density at radius 2 is 2.31 bits per heavy atom. The van der Waals surface area contributed by atoms with E-state index in [1.165, 1.54) is 30.7 Å². The molecule has 0 saturated carbocycles. The van der Waals surface area contributed by atoms with E-state index in [4.69, 9.17) is 5.73 Å². The maximum absolute atomic E-state index is 5.59. The highest BCUT2D eigenvalue weighted by atomic mass is 32.2. The molecule has 1 aromatic heterocycles. The first-order valence-corrected chi connectivity index (χ1v) is 5.74. The second-order valence-corrected chi connectivity index (χ2v) is 4.68. The molecule has 1 aliphatic heterocycles. The van der Waals surface area contributed by atoms with Crippen LogP contribution in [0, 0.1) is 0 Å². The fraction of sp³-hybridized carbons (Fsp3) is 0.500. The van der Waals surface area contributed by atoms with Gasteiger partial charge in [0.15, 0.2) is 0 Å². The third kappa shape index (κ3) is 2.15. The number of anilines is 1. The van der Waals surface area contributed by atoms with Crippen LogP contribution < -0.4 is 5.73 Å². The fourth-order valence-corrected chi connectivity index (χ4v) is 2.88. The molecule has 1 unspecified atom stereocenters. The van der Waals surface area contributed by atoms with E-state index < -0.39 is 0 Å². The van der Waals surface area contributed by atoms with Crippen molar-refractivity contribution in [3.8, 4) is 0 Å². The summed E-state index contributed by atoms with van der Waals surface area (Å²) in [5.74, 6) is 1.27. The lowest BCUT2D eigenvalue weighted by atomic mass is 10.1. The molecule has 0 spiro atoms. The molecule has 0 radical (unpaired) electrons. The van der Waals surface area contributed by atoms with Crippen molar-refractivity contribution in [2.45, 2.75) is 24.5 Å². The maximum Gasteiger partial charge on any atom is 0.0535 e. The summed E-state index contributed by atoms with van der Waals surface area (Å²) in [6, 6.07) is 4.00. The molecule has 0 amide bonds. The molecule has 0 aromatic carbocycles. The van der Waals surface area contributed by atoms with Crippen LogP contribution in [0.5, 0.6) is 0 Å². The number of thioether (sulfide) groups is 1. The van der Waals surface area contributed by atoms with Crippen molar-refractivity contribution < 1.29 is 0 Å². The molecule has 1 saturated heterocycles. The summed E-state index contributed by atoms with van der Waals surface area (Å²) < 4.78 is 0. The average molecular weight is 194 g/mol. The Morgan fingerprint density at radius 3 is 2.92 bits per heavy atom. The summed E-state index contributed by atoms with van der Waals surface area (Å²) in [7, 11) is 0. The molecule has 3 heteroatoms. The second-order valence-electron chi connectivity index (χ2n) is 3.37. The van der Waals surface area contributed by atoms with Gasteiger partial charge in [0.25, 0.3) is 0 Å². The zero-order chi connectivity index (χ0) is 9.10. The van der Waals surface area contributed by atoms with Gasteiger partial charge in [-0.2, -0.15) is 11.8 Å². The normalized spacial score (nSPS) is 22.9. The lowest BCUT2D eigenvalue weighted by Crippen LogP contribution is -2.04. The number of pyridine rings is 1. The minimum absolute atomic E-state index is 0.606. The van der Waals surface area contributed by atoms with E-state index in [1.54, 1.807) is 6.20 Å². The predicted molar refractivity (Wildman–Crippen MR) is 57.7 cm³/mol. The zero-order valence-electron chi connectivity index (χ0n) is 7.57. The Balaban J connectivity index is 2.10. The van der Waals surface area contributed by atoms with Crippen LogP contribution in [0.2, 0.25) is 0 Å². The van der Waals surface area contributed by atoms with Gasteiger partial charge in [-0.25, -0.2) is 0 Å². The zero-order valence-corrected chi connectivity index (χ0v) is 8.39. The van der Waals surface area contributed by atoms with Gasteiger partial charge in [0, 0.05) is 5.25 Å². The summed E-state index contributed by atoms with van der Waals surface area (Å²) in [5, 5.41) is 0.606. The van der Waals surface area contributed by atoms with Crippen LogP contribution >= 0.6 is 11.8 Å². The minimum Gasteiger partial charge on any atom is -0.397 e. The first-order valence-electron chi connectivity index (χ1n) is 4.69. The SMILES string of the molecule is Nc1ccc(C2CCCCS2)nc1. The lowest BCUT2D eigenvalue weighted by Gasteiger charge is -2.20. The Hall–Kier alpha value is -0.700. The first kappa shape index (κ1) is 8.88. The van der Waals surface area contributed by atoms with Crippen LogP contribution in [0.3, 0.4) is 0 Å². The lowest BCUT2D eigenvalue weighted by molar-refractivity contribution is 0.676. The van der Waals surface area contributed by atoms with Crippen molar-refractivity contribution in [1.29, 1.82) is 0 Å². The Labute approximate surface area is 82.9 Å². The van der Waals surface area contributed by atoms with E-state index in [0.717, 1.165) is 5.69 Å². The number of aromatic nitrogens is 1. The Kier molecular flexibility index (Phi) is 2.74. The number of rotatable bonds is 1. The molecule has 1 atom stereocenters. The number of nitrogen functional groups attached to an aromatic ring is 1. The fourth-order valence-electron chi connectivity index (χ4n) is 1.58. The smallest absolute Gasteiger partial charge is 0.0535 e. The number of hydrogen-bond donors (Lipinski definition) is 1. The highest BCUT2D eigenvalue weighted by Crippen LogP contribution is 2.37. The quantitative estimate of drug-likeness (QED) is 0.747. The molecule has 1 fully saturated rings. The van der Waals surface area contributed by atoms with E-state index in [2.05, 4.69) is 11.1 Å². The van der Waals surface area contributed by atoms with Crippen molar-refractivity contribution in [3.63, 3.8) is 0 Å². The molecular formula is C10H14N2S. The first-order chi connectivity index (χ1) is 6.36. The molecule has 70 valence electrons. The van der Waals surface area contributed by atoms with E-state index in [-0.39, 0.29) is 0 Å². The Bertz CT molecular complexity index is 265. The number of nitrogens with zero attached hydrogens (tertiary/aromatic N) is 1. The number of nitrogens with two attached hydrogens (primary N) is 1. The standard InChI is InChI=1S/C10H14N2S/c11-8-4-5-9(12-7-8)10-3-1-2-6-13-10/h4-5,7,10H,1-3,6,11H2. The Morgan fingerprint density at radius 1 is 1.38 bits per heavy atom. The van der Waals surface area contributed by atoms with Gasteiger partial charge in [-0.1, -0.05) is 6.42 Å². The molecule has 2 N–H and O–H groups in total. The largest absolute Gasteiger partial charge is 0.397 e. The van der Waals surface area contributed by atoms with E-state index in [0.29, 0.717) is 5.25 Å². The van der Waals surface area contributed by atoms with Crippen LogP contribution in [0.25, 0.3) is 0 Å². The summed E-state index contributed by atoms with van der Waals surface area (Å²) in [4.78, 5) is 4.36. The molecule has 2 nitrogen and oxygen atoms in total. The van der Waals surface area contributed by atoms with Crippen LogP contribution in [0.1, 0.15) is 30.2 Å². The summed E-state index contributed by atoms with van der Waals surface area (Å²) in [6.45, 7) is 0. The average Bonchev–Trinajstić information content (AvgIpc) is 2.20. The molecular weight excluding hydrogens is 180 g/mol. The third-order valence-corrected chi connectivity index (χ3v) is 3.72. The van der Waals surface area contributed by atoms with Crippen LogP contribution in [-0.2, 0) is 0 Å². The van der Waals surface area contributed by atoms with Crippen molar-refractivity contribution in [3.05, 3.63) is 24.0 Å². The molecule has 1 aliphatic rings. The molecule has 1 aromatic rings. The van der Waals surface area contributed by atoms with E-state index >= 15 is 0 Å². The summed E-state index contributed by atoms with van der Waals surface area (Å²) in [5.41, 5.74) is 7.53. The van der Waals surface area contributed by atoms with Crippen molar-refractivity contribution >= 4 is 17.4 Å². The maximum atomic E-state index is 5.59. The molecule has 2 rings (SSSR count). The van der Waals surface area contributed by atoms with Gasteiger partial charge in [0.1, 0.15) is 0 Å². The van der Waals surface area contributed by atoms with Crippen LogP contribution in [0.15, 0.2) is 18.3 Å². The minimum atomic E-state index is 0.606. The molecule has 0 bridgehead atoms. The number of hydrogen-bond acceptors (Lipinski definition) is 3. The monoisotopic (exact) mass is 194 g/mol. The summed E-state index contributed by atoms with van der Waals surface area (Å²) >= 11 is 2.02. The topological polar surface area (TPSA) is 38.9 Å². The summed E-state index contributed by atoms with van der Waals surface area (Å²) in [6.07, 6.45) is 5.71. The van der Waals surface area contributed by atoms with Gasteiger partial charge in [-0.05, 0) is 30.7 Å². The van der Waals surface area contributed by atoms with Crippen LogP contribution in [-0.4, -0.2) is 10.7 Å². The van der Waals surface area contributed by atoms with Crippen LogP contribution in [0.4, 0.5) is 5.69 Å². The second kappa shape index (κ2) is 4.01. The van der Waals surface area contributed by atoms with E-state index in [9.17, 15) is 0 Å². The van der Waals surface area contributed by atoms with Crippen molar-refractivity contribution in [2.75, 3.05) is 11.5 Å². The third-order valence-electron chi connectivity index (χ3n) is 2.32. The van der Waals surface area contributed by atoms with E-state index in [1.807, 2.05) is 17.8 Å². The van der Waals surface area contributed by atoms with Gasteiger partial charge in [0.05, 0.1) is 17.6 Å². The highest BCUT2D eigenvalue weighted by Gasteiger charge is 2.16. The van der Waals surface area contributed by atoms with Crippen molar-refractivity contribution in [2.24, 2.45) is 0 Å². The molecule has 0 aliphatic carbocycles. The van der Waals surface area contributed by atoms with Crippen molar-refractivity contribution in [1.82, 2.24) is 4.98 Å². The van der Waals surface area contributed by atoms with Gasteiger partial charge in [-0.3, -0.25) is 4.98 Å². The predicted octanol–water partition coefficient (Wildman–Crippen LogP) is 2.62. The molecule has 2 heterocycles. The van der Waals surface area contributed by atoms with Gasteiger partial charge < -0.3 is 5.73 Å². The molecule has 13 heavy (non-hydrogen) atoms. The van der Waals surface area contributed by atoms with Gasteiger partial charge >= 0.3 is 0 Å². The van der Waals surface area contributed by atoms with Gasteiger partial charge in [-0.15, -0.1) is 0 Å².